The minimum Gasteiger partial charge on any atom is -0.489 e. The molecule has 0 fully saturated rings. The van der Waals surface area contributed by atoms with Crippen molar-refractivity contribution < 1.29 is 13.9 Å². The smallest absolute Gasteiger partial charge is 0.221 e. The Balaban J connectivity index is 1.65. The van der Waals surface area contributed by atoms with Crippen molar-refractivity contribution in [1.82, 2.24) is 0 Å². The molecule has 0 spiro atoms. The van der Waals surface area contributed by atoms with Crippen molar-refractivity contribution in [3.8, 4) is 16.9 Å². The Kier molecular flexibility index (Phi) is 5.09. The third-order valence-corrected chi connectivity index (χ3v) is 3.75. The summed E-state index contributed by atoms with van der Waals surface area (Å²) < 4.78 is 19.2. The van der Waals surface area contributed by atoms with Crippen LogP contribution in [-0.2, 0) is 11.4 Å². The van der Waals surface area contributed by atoms with Gasteiger partial charge in [0, 0.05) is 18.2 Å². The summed E-state index contributed by atoms with van der Waals surface area (Å²) in [5.41, 5.74) is 3.36. The molecule has 0 saturated heterocycles. The minimum atomic E-state index is -0.265. The summed E-state index contributed by atoms with van der Waals surface area (Å²) >= 11 is 0. The molecule has 0 aliphatic rings. The summed E-state index contributed by atoms with van der Waals surface area (Å²) in [4.78, 5) is 11.0. The zero-order chi connectivity index (χ0) is 17.6. The van der Waals surface area contributed by atoms with Gasteiger partial charge >= 0.3 is 0 Å². The van der Waals surface area contributed by atoms with E-state index in [-0.39, 0.29) is 18.3 Å². The average molecular weight is 335 g/mol. The van der Waals surface area contributed by atoms with E-state index in [9.17, 15) is 9.18 Å². The zero-order valence-corrected chi connectivity index (χ0v) is 13.8. The fourth-order valence-corrected chi connectivity index (χ4v) is 2.47. The van der Waals surface area contributed by atoms with Gasteiger partial charge in [-0.25, -0.2) is 4.39 Å². The number of benzene rings is 3. The molecule has 3 aromatic carbocycles. The molecule has 1 N–H and O–H groups in total. The lowest BCUT2D eigenvalue weighted by molar-refractivity contribution is -0.114. The van der Waals surface area contributed by atoms with Gasteiger partial charge in [-0.05, 0) is 41.5 Å². The van der Waals surface area contributed by atoms with Crippen molar-refractivity contribution in [2.24, 2.45) is 0 Å². The lowest BCUT2D eigenvalue weighted by Crippen LogP contribution is -2.05. The van der Waals surface area contributed by atoms with Crippen molar-refractivity contribution in [2.75, 3.05) is 5.32 Å². The maximum atomic E-state index is 13.6. The van der Waals surface area contributed by atoms with E-state index in [4.69, 9.17) is 4.74 Å². The number of halogens is 1. The fraction of sp³-hybridized carbons (Fsp3) is 0.0952. The molecule has 3 nitrogen and oxygen atoms in total. The van der Waals surface area contributed by atoms with Crippen molar-refractivity contribution in [2.45, 2.75) is 13.5 Å². The second kappa shape index (κ2) is 7.62. The van der Waals surface area contributed by atoms with Crippen LogP contribution in [0.15, 0.2) is 72.8 Å². The van der Waals surface area contributed by atoms with E-state index in [0.29, 0.717) is 11.3 Å². The van der Waals surface area contributed by atoms with Gasteiger partial charge in [-0.1, -0.05) is 42.5 Å². The van der Waals surface area contributed by atoms with E-state index in [2.05, 4.69) is 5.32 Å². The summed E-state index contributed by atoms with van der Waals surface area (Å²) in [6.07, 6.45) is 0. The van der Waals surface area contributed by atoms with Crippen molar-refractivity contribution in [1.29, 1.82) is 0 Å². The first-order chi connectivity index (χ1) is 12.1. The second-order valence-electron chi connectivity index (χ2n) is 5.66. The van der Waals surface area contributed by atoms with Crippen LogP contribution in [-0.4, -0.2) is 5.91 Å². The van der Waals surface area contributed by atoms with Gasteiger partial charge in [0.2, 0.25) is 5.91 Å². The Morgan fingerprint density at radius 1 is 0.920 bits per heavy atom. The minimum absolute atomic E-state index is 0.0934. The first-order valence-electron chi connectivity index (χ1n) is 7.96. The van der Waals surface area contributed by atoms with Crippen LogP contribution < -0.4 is 10.1 Å². The molecule has 0 atom stereocenters. The van der Waals surface area contributed by atoms with Gasteiger partial charge in [-0.3, -0.25) is 4.79 Å². The lowest BCUT2D eigenvalue weighted by atomic mass is 10.1. The van der Waals surface area contributed by atoms with Crippen LogP contribution in [0.3, 0.4) is 0 Å². The van der Waals surface area contributed by atoms with Crippen LogP contribution in [0.25, 0.3) is 11.1 Å². The highest BCUT2D eigenvalue weighted by Gasteiger charge is 2.03. The van der Waals surface area contributed by atoms with Crippen LogP contribution in [0.1, 0.15) is 12.5 Å². The van der Waals surface area contributed by atoms with Gasteiger partial charge in [0.1, 0.15) is 18.2 Å². The summed E-state index contributed by atoms with van der Waals surface area (Å²) in [7, 11) is 0. The normalized spacial score (nSPS) is 10.3. The number of hydrogen-bond acceptors (Lipinski definition) is 2. The van der Waals surface area contributed by atoms with Crippen molar-refractivity contribution in [3.63, 3.8) is 0 Å². The molecule has 0 unspecified atom stereocenters. The molecule has 1 amide bonds. The van der Waals surface area contributed by atoms with Gasteiger partial charge in [0.05, 0.1) is 0 Å². The first kappa shape index (κ1) is 16.7. The average Bonchev–Trinajstić information content (AvgIpc) is 2.62. The predicted octanol–water partition coefficient (Wildman–Crippen LogP) is 5.03. The summed E-state index contributed by atoms with van der Waals surface area (Å²) in [5, 5.41) is 2.74. The Bertz CT molecular complexity index is 858. The van der Waals surface area contributed by atoms with E-state index in [1.54, 1.807) is 18.2 Å². The zero-order valence-electron chi connectivity index (χ0n) is 13.8. The quantitative estimate of drug-likeness (QED) is 0.710. The van der Waals surface area contributed by atoms with Crippen molar-refractivity contribution >= 4 is 11.6 Å². The number of rotatable bonds is 5. The number of anilines is 1. The van der Waals surface area contributed by atoms with E-state index in [0.717, 1.165) is 16.8 Å². The number of hydrogen-bond donors (Lipinski definition) is 1. The highest BCUT2D eigenvalue weighted by atomic mass is 19.1. The summed E-state index contributed by atoms with van der Waals surface area (Å²) in [6.45, 7) is 1.67. The van der Waals surface area contributed by atoms with Gasteiger partial charge in [0.15, 0.2) is 0 Å². The number of nitrogens with one attached hydrogen (secondary N) is 1. The summed E-state index contributed by atoms with van der Waals surface area (Å²) in [5.74, 6) is 0.323. The van der Waals surface area contributed by atoms with Crippen LogP contribution in [0, 0.1) is 5.82 Å². The van der Waals surface area contributed by atoms with Crippen LogP contribution in [0.5, 0.6) is 5.75 Å². The monoisotopic (exact) mass is 335 g/mol. The Hall–Kier alpha value is -3.14. The van der Waals surface area contributed by atoms with E-state index in [1.165, 1.54) is 13.0 Å². The molecule has 0 aliphatic heterocycles. The molecule has 25 heavy (non-hydrogen) atoms. The third-order valence-electron chi connectivity index (χ3n) is 3.75. The molecule has 4 heteroatoms. The fourth-order valence-electron chi connectivity index (χ4n) is 2.47. The number of carbonyl (C=O) groups excluding carboxylic acids is 1. The molecular weight excluding hydrogens is 317 g/mol. The molecule has 0 aliphatic carbocycles. The molecule has 0 aromatic heterocycles. The van der Waals surface area contributed by atoms with Gasteiger partial charge < -0.3 is 10.1 Å². The number of ether oxygens (including phenoxy) is 1. The highest BCUT2D eigenvalue weighted by Crippen LogP contribution is 2.24. The molecular formula is C21H18FNO2. The molecule has 126 valence electrons. The van der Waals surface area contributed by atoms with Crippen LogP contribution >= 0.6 is 0 Å². The summed E-state index contributed by atoms with van der Waals surface area (Å²) in [6, 6.07) is 21.8. The molecule has 0 radical (unpaired) electrons. The highest BCUT2D eigenvalue weighted by molar-refractivity contribution is 5.89. The maximum Gasteiger partial charge on any atom is 0.221 e. The third kappa shape index (κ3) is 4.44. The molecule has 0 bridgehead atoms. The van der Waals surface area contributed by atoms with Crippen molar-refractivity contribution in [3.05, 3.63) is 84.2 Å². The van der Waals surface area contributed by atoms with Crippen LogP contribution in [0.2, 0.25) is 0 Å². The Morgan fingerprint density at radius 2 is 1.52 bits per heavy atom. The Labute approximate surface area is 146 Å². The first-order valence-corrected chi connectivity index (χ1v) is 7.96. The molecule has 0 heterocycles. The second-order valence-corrected chi connectivity index (χ2v) is 5.66. The standard InChI is InChI=1S/C21H18FNO2/c1-15(24)23-19-10-6-16(7-11-19)17-8-12-20(13-9-17)25-14-18-4-2-3-5-21(18)22/h2-13H,14H2,1H3,(H,23,24). The van der Waals surface area contributed by atoms with E-state index >= 15 is 0 Å². The van der Waals surface area contributed by atoms with E-state index < -0.39 is 0 Å². The topological polar surface area (TPSA) is 38.3 Å². The lowest BCUT2D eigenvalue weighted by Gasteiger charge is -2.09. The molecule has 3 aromatic rings. The van der Waals surface area contributed by atoms with Gasteiger partial charge in [-0.15, -0.1) is 0 Å². The SMILES string of the molecule is CC(=O)Nc1ccc(-c2ccc(OCc3ccccc3F)cc2)cc1. The van der Waals surface area contributed by atoms with Gasteiger partial charge in [-0.2, -0.15) is 0 Å². The maximum absolute atomic E-state index is 13.6. The van der Waals surface area contributed by atoms with Crippen LogP contribution in [0.4, 0.5) is 10.1 Å². The van der Waals surface area contributed by atoms with E-state index in [1.807, 2.05) is 48.5 Å². The van der Waals surface area contributed by atoms with Gasteiger partial charge in [0.25, 0.3) is 0 Å². The Morgan fingerprint density at radius 3 is 2.12 bits per heavy atom. The molecule has 3 rings (SSSR count). The molecule has 0 saturated carbocycles. The largest absolute Gasteiger partial charge is 0.489 e. The predicted molar refractivity (Wildman–Crippen MR) is 96.9 cm³/mol. The number of carbonyl (C=O) groups is 1. The number of amides is 1.